The van der Waals surface area contributed by atoms with Crippen molar-refractivity contribution in [1.82, 2.24) is 15.1 Å². The number of nitrogens with one attached hydrogen (secondary N) is 1. The van der Waals surface area contributed by atoms with E-state index in [1.54, 1.807) is 10.9 Å². The first-order chi connectivity index (χ1) is 11.9. The number of carbonyl (C=O) groups is 2. The highest BCUT2D eigenvalue weighted by Crippen LogP contribution is 2.34. The van der Waals surface area contributed by atoms with E-state index in [4.69, 9.17) is 0 Å². The Morgan fingerprint density at radius 1 is 1.28 bits per heavy atom. The lowest BCUT2D eigenvalue weighted by atomic mass is 9.75. The van der Waals surface area contributed by atoms with E-state index >= 15 is 0 Å². The van der Waals surface area contributed by atoms with E-state index in [1.807, 2.05) is 51.1 Å². The molecule has 0 spiro atoms. The summed E-state index contributed by atoms with van der Waals surface area (Å²) in [4.78, 5) is 24.5. The van der Waals surface area contributed by atoms with E-state index in [0.717, 1.165) is 5.56 Å². The minimum atomic E-state index is -0.662. The summed E-state index contributed by atoms with van der Waals surface area (Å²) in [6.45, 7) is 6.65. The SMILES string of the molecule is CCn1cc(C(=O)C(=O)NCC(c2ccccc2)C(C)(C)CO)cn1. The fraction of sp³-hybridized carbons (Fsp3) is 0.421. The second kappa shape index (κ2) is 8.07. The molecule has 1 atom stereocenters. The minimum Gasteiger partial charge on any atom is -0.396 e. The summed E-state index contributed by atoms with van der Waals surface area (Å²) < 4.78 is 1.60. The summed E-state index contributed by atoms with van der Waals surface area (Å²) in [7, 11) is 0. The van der Waals surface area contributed by atoms with E-state index in [0.29, 0.717) is 6.54 Å². The van der Waals surface area contributed by atoms with Crippen LogP contribution < -0.4 is 5.32 Å². The minimum absolute atomic E-state index is 0.0281. The van der Waals surface area contributed by atoms with Crippen LogP contribution in [0.4, 0.5) is 0 Å². The van der Waals surface area contributed by atoms with Gasteiger partial charge in [-0.3, -0.25) is 14.3 Å². The Bertz CT molecular complexity index is 723. The fourth-order valence-electron chi connectivity index (χ4n) is 2.70. The van der Waals surface area contributed by atoms with Crippen molar-refractivity contribution in [1.29, 1.82) is 0 Å². The molecule has 1 heterocycles. The summed E-state index contributed by atoms with van der Waals surface area (Å²) in [5, 5.41) is 16.4. The van der Waals surface area contributed by atoms with Crippen LogP contribution in [0.3, 0.4) is 0 Å². The monoisotopic (exact) mass is 343 g/mol. The molecule has 0 aliphatic heterocycles. The van der Waals surface area contributed by atoms with Crippen molar-refractivity contribution in [3.8, 4) is 0 Å². The van der Waals surface area contributed by atoms with Crippen LogP contribution in [0.25, 0.3) is 0 Å². The Morgan fingerprint density at radius 2 is 1.96 bits per heavy atom. The zero-order chi connectivity index (χ0) is 18.4. The fourth-order valence-corrected chi connectivity index (χ4v) is 2.70. The number of aliphatic hydroxyl groups is 1. The van der Waals surface area contributed by atoms with Crippen molar-refractivity contribution < 1.29 is 14.7 Å². The Morgan fingerprint density at radius 3 is 2.52 bits per heavy atom. The van der Waals surface area contributed by atoms with Gasteiger partial charge in [0, 0.05) is 31.8 Å². The second-order valence-electron chi connectivity index (χ2n) is 6.73. The van der Waals surface area contributed by atoms with Gasteiger partial charge in [-0.05, 0) is 17.9 Å². The molecular formula is C19H25N3O3. The standard InChI is InChI=1S/C19H25N3O3/c1-4-22-12-15(10-21-22)17(24)18(25)20-11-16(19(2,3)13-23)14-8-6-5-7-9-14/h5-10,12,16,23H,4,11,13H2,1-3H3,(H,20,25). The van der Waals surface area contributed by atoms with Crippen molar-refractivity contribution in [3.05, 3.63) is 53.9 Å². The van der Waals surface area contributed by atoms with Crippen LogP contribution in [0.1, 0.15) is 42.6 Å². The van der Waals surface area contributed by atoms with Crippen LogP contribution >= 0.6 is 0 Å². The third kappa shape index (κ3) is 4.54. The Hall–Kier alpha value is -2.47. The van der Waals surface area contributed by atoms with Crippen molar-refractivity contribution in [2.45, 2.75) is 33.2 Å². The highest BCUT2D eigenvalue weighted by Gasteiger charge is 2.31. The number of hydrogen-bond acceptors (Lipinski definition) is 4. The molecule has 6 nitrogen and oxygen atoms in total. The van der Waals surface area contributed by atoms with E-state index in [1.165, 1.54) is 6.20 Å². The topological polar surface area (TPSA) is 84.2 Å². The van der Waals surface area contributed by atoms with Gasteiger partial charge in [0.05, 0.1) is 11.8 Å². The molecule has 1 amide bonds. The number of nitrogens with zero attached hydrogens (tertiary/aromatic N) is 2. The molecule has 0 radical (unpaired) electrons. The molecular weight excluding hydrogens is 318 g/mol. The molecule has 2 aromatic rings. The first kappa shape index (κ1) is 18.9. The maximum atomic E-state index is 12.2. The number of hydrogen-bond donors (Lipinski definition) is 2. The lowest BCUT2D eigenvalue weighted by molar-refractivity contribution is -0.117. The summed E-state index contributed by atoms with van der Waals surface area (Å²) in [5.41, 5.74) is 0.843. The van der Waals surface area contributed by atoms with Crippen molar-refractivity contribution >= 4 is 11.7 Å². The first-order valence-electron chi connectivity index (χ1n) is 8.39. The van der Waals surface area contributed by atoms with E-state index < -0.39 is 17.1 Å². The number of ketones is 1. The smallest absolute Gasteiger partial charge is 0.292 e. The lowest BCUT2D eigenvalue weighted by Gasteiger charge is -2.33. The van der Waals surface area contributed by atoms with E-state index in [-0.39, 0.29) is 24.6 Å². The molecule has 0 aliphatic rings. The predicted molar refractivity (Wildman–Crippen MR) is 95.3 cm³/mol. The molecule has 0 saturated carbocycles. The second-order valence-corrected chi connectivity index (χ2v) is 6.73. The molecule has 1 aromatic heterocycles. The van der Waals surface area contributed by atoms with Gasteiger partial charge >= 0.3 is 0 Å². The third-order valence-electron chi connectivity index (χ3n) is 4.45. The third-order valence-corrected chi connectivity index (χ3v) is 4.45. The first-order valence-corrected chi connectivity index (χ1v) is 8.39. The molecule has 0 saturated heterocycles. The van der Waals surface area contributed by atoms with Gasteiger partial charge in [-0.2, -0.15) is 5.10 Å². The zero-order valence-electron chi connectivity index (χ0n) is 14.9. The average molecular weight is 343 g/mol. The maximum absolute atomic E-state index is 12.2. The molecule has 6 heteroatoms. The summed E-state index contributed by atoms with van der Waals surface area (Å²) in [6, 6.07) is 9.67. The highest BCUT2D eigenvalue weighted by atomic mass is 16.3. The van der Waals surface area contributed by atoms with Gasteiger partial charge < -0.3 is 10.4 Å². The van der Waals surface area contributed by atoms with E-state index in [9.17, 15) is 14.7 Å². The van der Waals surface area contributed by atoms with Gasteiger partial charge in [0.25, 0.3) is 11.7 Å². The number of aryl methyl sites for hydroxylation is 1. The van der Waals surface area contributed by atoms with E-state index in [2.05, 4.69) is 10.4 Å². The summed E-state index contributed by atoms with van der Waals surface area (Å²) in [6.07, 6.45) is 2.96. The number of aromatic nitrogens is 2. The normalized spacial score (nSPS) is 12.6. The zero-order valence-corrected chi connectivity index (χ0v) is 14.9. The molecule has 2 N–H and O–H groups in total. The number of Topliss-reactive ketones (excluding diaryl/α,β-unsaturated/α-hetero) is 1. The van der Waals surface area contributed by atoms with Crippen LogP contribution in [0.15, 0.2) is 42.7 Å². The number of rotatable bonds is 8. The lowest BCUT2D eigenvalue weighted by Crippen LogP contribution is -2.39. The number of carbonyl (C=O) groups excluding carboxylic acids is 2. The summed E-state index contributed by atoms with van der Waals surface area (Å²) in [5.74, 6) is -1.38. The van der Waals surface area contributed by atoms with Crippen LogP contribution in [0, 0.1) is 5.41 Å². The van der Waals surface area contributed by atoms with Gasteiger partial charge in [-0.25, -0.2) is 0 Å². The number of benzene rings is 1. The van der Waals surface area contributed by atoms with Crippen LogP contribution in [-0.2, 0) is 11.3 Å². The predicted octanol–water partition coefficient (Wildman–Crippen LogP) is 2.00. The van der Waals surface area contributed by atoms with Crippen molar-refractivity contribution in [2.24, 2.45) is 5.41 Å². The van der Waals surface area contributed by atoms with Gasteiger partial charge in [-0.15, -0.1) is 0 Å². The van der Waals surface area contributed by atoms with Crippen LogP contribution in [0.5, 0.6) is 0 Å². The highest BCUT2D eigenvalue weighted by molar-refractivity contribution is 6.42. The quantitative estimate of drug-likeness (QED) is 0.567. The molecule has 25 heavy (non-hydrogen) atoms. The van der Waals surface area contributed by atoms with Crippen LogP contribution in [0.2, 0.25) is 0 Å². The largest absolute Gasteiger partial charge is 0.396 e. The molecule has 1 aromatic carbocycles. The molecule has 0 bridgehead atoms. The van der Waals surface area contributed by atoms with Gasteiger partial charge in [-0.1, -0.05) is 44.2 Å². The molecule has 0 aliphatic carbocycles. The Balaban J connectivity index is 2.09. The maximum Gasteiger partial charge on any atom is 0.292 e. The van der Waals surface area contributed by atoms with Crippen LogP contribution in [-0.4, -0.2) is 39.7 Å². The van der Waals surface area contributed by atoms with Gasteiger partial charge in [0.2, 0.25) is 0 Å². The van der Waals surface area contributed by atoms with Gasteiger partial charge in [0.1, 0.15) is 0 Å². The van der Waals surface area contributed by atoms with Crippen molar-refractivity contribution in [2.75, 3.05) is 13.2 Å². The number of aliphatic hydroxyl groups excluding tert-OH is 1. The molecule has 2 rings (SSSR count). The molecule has 1 unspecified atom stereocenters. The molecule has 0 fully saturated rings. The Labute approximate surface area is 147 Å². The number of amides is 1. The molecule has 134 valence electrons. The van der Waals surface area contributed by atoms with Crippen molar-refractivity contribution in [3.63, 3.8) is 0 Å². The summed E-state index contributed by atoms with van der Waals surface area (Å²) >= 11 is 0. The Kier molecular flexibility index (Phi) is 6.09. The van der Waals surface area contributed by atoms with Gasteiger partial charge in [0.15, 0.2) is 0 Å². The average Bonchev–Trinajstić information content (AvgIpc) is 3.11.